The maximum Gasteiger partial charge on any atom is 0.303 e. The average molecular weight is 320 g/mol. The van der Waals surface area contributed by atoms with Crippen molar-refractivity contribution in [3.05, 3.63) is 59.6 Å². The molecule has 5 heteroatoms. The second kappa shape index (κ2) is 8.29. The number of hydrogen-bond acceptors (Lipinski definition) is 4. The van der Waals surface area contributed by atoms with Gasteiger partial charge in [-0.05, 0) is 30.3 Å². The highest BCUT2D eigenvalue weighted by Crippen LogP contribution is 2.17. The molecule has 0 amide bonds. The minimum Gasteiger partial charge on any atom is -0.490 e. The molecule has 1 N–H and O–H groups in total. The molecule has 0 aliphatic rings. The molecule has 0 aromatic heterocycles. The quantitative estimate of drug-likeness (QED) is 0.789. The second-order valence-corrected chi connectivity index (χ2v) is 5.18. The van der Waals surface area contributed by atoms with Crippen molar-refractivity contribution in [1.29, 1.82) is 0 Å². The van der Waals surface area contributed by atoms with Crippen LogP contribution in [0.4, 0.5) is 5.69 Å². The predicted octanol–water partition coefficient (Wildman–Crippen LogP) is 3.76. The van der Waals surface area contributed by atoms with Gasteiger partial charge in [-0.15, -0.1) is 0 Å². The molecule has 2 aromatic rings. The maximum absolute atomic E-state index is 11.2. The summed E-state index contributed by atoms with van der Waals surface area (Å²) in [5.74, 6) is 0.305. The van der Waals surface area contributed by atoms with Crippen LogP contribution in [-0.4, -0.2) is 25.2 Å². The molecule has 0 aliphatic heterocycles. The molecule has 2 aromatic carbocycles. The normalized spacial score (nSPS) is 11.5. The number of nitrogens with one attached hydrogen (secondary N) is 1. The third-order valence-electron chi connectivity index (χ3n) is 2.87. The minimum atomic E-state index is -0.392. The number of esters is 1. The molecule has 0 aliphatic carbocycles. The molecule has 0 bridgehead atoms. The molecule has 0 heterocycles. The molecule has 1 unspecified atom stereocenters. The molecule has 2 rings (SSSR count). The van der Waals surface area contributed by atoms with E-state index >= 15 is 0 Å². The molecular weight excluding hydrogens is 302 g/mol. The van der Waals surface area contributed by atoms with Crippen LogP contribution in [0, 0.1) is 0 Å². The van der Waals surface area contributed by atoms with E-state index in [0.29, 0.717) is 17.3 Å². The Kier molecular flexibility index (Phi) is 6.10. The van der Waals surface area contributed by atoms with Crippen molar-refractivity contribution in [1.82, 2.24) is 0 Å². The fraction of sp³-hybridized carbons (Fsp3) is 0.235. The van der Waals surface area contributed by atoms with Crippen LogP contribution in [0.2, 0.25) is 5.02 Å². The van der Waals surface area contributed by atoms with Crippen molar-refractivity contribution >= 4 is 23.3 Å². The summed E-state index contributed by atoms with van der Waals surface area (Å²) in [4.78, 5) is 11.2. The first-order valence-electron chi connectivity index (χ1n) is 6.98. The molecule has 0 saturated carbocycles. The van der Waals surface area contributed by atoms with Crippen molar-refractivity contribution in [2.75, 3.05) is 18.5 Å². The first-order chi connectivity index (χ1) is 10.6. The van der Waals surface area contributed by atoms with Crippen LogP contribution in [0.3, 0.4) is 0 Å². The van der Waals surface area contributed by atoms with Crippen LogP contribution in [0.25, 0.3) is 0 Å². The van der Waals surface area contributed by atoms with Crippen molar-refractivity contribution in [2.24, 2.45) is 0 Å². The number of para-hydroxylation sites is 1. The second-order valence-electron chi connectivity index (χ2n) is 4.75. The fourth-order valence-corrected chi connectivity index (χ4v) is 2.08. The number of carbonyl (C=O) groups is 1. The van der Waals surface area contributed by atoms with Gasteiger partial charge < -0.3 is 14.8 Å². The predicted molar refractivity (Wildman–Crippen MR) is 87.4 cm³/mol. The SMILES string of the molecule is CC(=O)OC(CNc1ccccc1)COc1cccc(Cl)c1. The van der Waals surface area contributed by atoms with Gasteiger partial charge in [0.15, 0.2) is 6.10 Å². The standard InChI is InChI=1S/C17H18ClNO3/c1-13(20)22-17(11-19-15-7-3-2-4-8-15)12-21-16-9-5-6-14(18)10-16/h2-10,17,19H,11-12H2,1H3. The molecule has 4 nitrogen and oxygen atoms in total. The lowest BCUT2D eigenvalue weighted by Crippen LogP contribution is -2.31. The summed E-state index contributed by atoms with van der Waals surface area (Å²) in [7, 11) is 0. The topological polar surface area (TPSA) is 47.6 Å². The van der Waals surface area contributed by atoms with E-state index in [-0.39, 0.29) is 12.6 Å². The van der Waals surface area contributed by atoms with Gasteiger partial charge in [0.1, 0.15) is 12.4 Å². The Morgan fingerprint density at radius 2 is 1.95 bits per heavy atom. The van der Waals surface area contributed by atoms with Gasteiger partial charge in [0.25, 0.3) is 0 Å². The van der Waals surface area contributed by atoms with E-state index in [9.17, 15) is 4.79 Å². The van der Waals surface area contributed by atoms with E-state index in [0.717, 1.165) is 5.69 Å². The summed E-state index contributed by atoms with van der Waals surface area (Å²) in [5.41, 5.74) is 0.961. The summed E-state index contributed by atoms with van der Waals surface area (Å²) in [5, 5.41) is 3.82. The Bertz CT molecular complexity index is 604. The maximum atomic E-state index is 11.2. The minimum absolute atomic E-state index is 0.250. The number of ether oxygens (including phenoxy) is 2. The lowest BCUT2D eigenvalue weighted by Gasteiger charge is -2.19. The van der Waals surface area contributed by atoms with Gasteiger partial charge in [0.05, 0.1) is 6.54 Å². The highest BCUT2D eigenvalue weighted by molar-refractivity contribution is 6.30. The summed E-state index contributed by atoms with van der Waals surface area (Å²) < 4.78 is 10.9. The summed E-state index contributed by atoms with van der Waals surface area (Å²) in [6.07, 6.45) is -0.392. The highest BCUT2D eigenvalue weighted by Gasteiger charge is 2.13. The van der Waals surface area contributed by atoms with Crippen LogP contribution in [-0.2, 0) is 9.53 Å². The molecule has 0 radical (unpaired) electrons. The Labute approximate surface area is 135 Å². The lowest BCUT2D eigenvalue weighted by molar-refractivity contribution is -0.147. The van der Waals surface area contributed by atoms with Gasteiger partial charge in [-0.2, -0.15) is 0 Å². The third-order valence-corrected chi connectivity index (χ3v) is 3.11. The smallest absolute Gasteiger partial charge is 0.303 e. The van der Waals surface area contributed by atoms with Crippen molar-refractivity contribution in [3.8, 4) is 5.75 Å². The van der Waals surface area contributed by atoms with Crippen LogP contribution >= 0.6 is 11.6 Å². The van der Waals surface area contributed by atoms with Gasteiger partial charge in [0, 0.05) is 17.6 Å². The Morgan fingerprint density at radius 1 is 1.18 bits per heavy atom. The Balaban J connectivity index is 1.89. The molecule has 116 valence electrons. The monoisotopic (exact) mass is 319 g/mol. The van der Waals surface area contributed by atoms with E-state index in [2.05, 4.69) is 5.32 Å². The molecule has 0 saturated heterocycles. The van der Waals surface area contributed by atoms with Crippen LogP contribution in [0.5, 0.6) is 5.75 Å². The van der Waals surface area contributed by atoms with Gasteiger partial charge in [-0.1, -0.05) is 35.9 Å². The number of hydrogen-bond donors (Lipinski definition) is 1. The van der Waals surface area contributed by atoms with Crippen molar-refractivity contribution in [2.45, 2.75) is 13.0 Å². The van der Waals surface area contributed by atoms with Crippen molar-refractivity contribution in [3.63, 3.8) is 0 Å². The largest absolute Gasteiger partial charge is 0.490 e. The van der Waals surface area contributed by atoms with E-state index in [1.807, 2.05) is 30.3 Å². The van der Waals surface area contributed by atoms with E-state index in [4.69, 9.17) is 21.1 Å². The Morgan fingerprint density at radius 3 is 2.64 bits per heavy atom. The molecule has 0 fully saturated rings. The third kappa shape index (κ3) is 5.66. The summed E-state index contributed by atoms with van der Waals surface area (Å²) in [6, 6.07) is 16.8. The Hall–Kier alpha value is -2.20. The average Bonchev–Trinajstić information content (AvgIpc) is 2.51. The van der Waals surface area contributed by atoms with E-state index in [1.165, 1.54) is 6.92 Å². The zero-order valence-corrected chi connectivity index (χ0v) is 13.0. The van der Waals surface area contributed by atoms with E-state index in [1.54, 1.807) is 24.3 Å². The number of benzene rings is 2. The van der Waals surface area contributed by atoms with Crippen molar-refractivity contribution < 1.29 is 14.3 Å². The molecule has 1 atom stereocenters. The number of anilines is 1. The zero-order chi connectivity index (χ0) is 15.8. The van der Waals surface area contributed by atoms with Crippen LogP contribution < -0.4 is 10.1 Å². The number of carbonyl (C=O) groups excluding carboxylic acids is 1. The first-order valence-corrected chi connectivity index (χ1v) is 7.36. The van der Waals surface area contributed by atoms with E-state index < -0.39 is 6.10 Å². The van der Waals surface area contributed by atoms with Gasteiger partial charge >= 0.3 is 5.97 Å². The molecule has 22 heavy (non-hydrogen) atoms. The summed E-state index contributed by atoms with van der Waals surface area (Å²) in [6.45, 7) is 2.10. The lowest BCUT2D eigenvalue weighted by atomic mass is 10.3. The number of rotatable bonds is 7. The molecular formula is C17H18ClNO3. The van der Waals surface area contributed by atoms with Gasteiger partial charge in [-0.25, -0.2) is 0 Å². The van der Waals surface area contributed by atoms with Gasteiger partial charge in [-0.3, -0.25) is 4.79 Å². The van der Waals surface area contributed by atoms with Crippen LogP contribution in [0.1, 0.15) is 6.92 Å². The first kappa shape index (κ1) is 16.2. The number of halogens is 1. The zero-order valence-electron chi connectivity index (χ0n) is 12.3. The van der Waals surface area contributed by atoms with Crippen LogP contribution in [0.15, 0.2) is 54.6 Å². The fourth-order valence-electron chi connectivity index (χ4n) is 1.90. The van der Waals surface area contributed by atoms with Gasteiger partial charge in [0.2, 0.25) is 0 Å². The summed E-state index contributed by atoms with van der Waals surface area (Å²) >= 11 is 5.91. The molecule has 0 spiro atoms. The highest BCUT2D eigenvalue weighted by atomic mass is 35.5.